The molecule has 0 fully saturated rings. The second-order valence-electron chi connectivity index (χ2n) is 2.71. The van der Waals surface area contributed by atoms with Crippen molar-refractivity contribution in [2.45, 2.75) is 12.4 Å². The normalized spacial score (nSPS) is 12.9. The van der Waals surface area contributed by atoms with Gasteiger partial charge in [-0.3, -0.25) is 0 Å². The van der Waals surface area contributed by atoms with E-state index in [4.69, 9.17) is 5.73 Å². The molecular weight excluding hydrogens is 224 g/mol. The first-order valence-corrected chi connectivity index (χ1v) is 3.58. The van der Waals surface area contributed by atoms with Crippen molar-refractivity contribution in [3.63, 3.8) is 0 Å². The summed E-state index contributed by atoms with van der Waals surface area (Å²) in [5.74, 6) is 0. The van der Waals surface area contributed by atoms with Gasteiger partial charge in [0, 0.05) is 6.07 Å². The zero-order chi connectivity index (χ0) is 11.9. The lowest BCUT2D eigenvalue weighted by molar-refractivity contribution is -0.142. The second kappa shape index (κ2) is 3.32. The number of nitrogen functional groups attached to an aromatic ring is 1. The SMILES string of the molecule is Nc1[c]cc(C(F)(F)F)cc1C(F)(F)F. The van der Waals surface area contributed by atoms with Gasteiger partial charge < -0.3 is 5.73 Å². The quantitative estimate of drug-likeness (QED) is 0.535. The minimum atomic E-state index is -4.91. The van der Waals surface area contributed by atoms with Crippen LogP contribution in [-0.4, -0.2) is 0 Å². The van der Waals surface area contributed by atoms with E-state index in [2.05, 4.69) is 0 Å². The zero-order valence-corrected chi connectivity index (χ0v) is 7.00. The van der Waals surface area contributed by atoms with Crippen molar-refractivity contribution in [3.05, 3.63) is 29.3 Å². The van der Waals surface area contributed by atoms with Crippen LogP contribution in [0, 0.1) is 6.07 Å². The number of anilines is 1. The molecule has 0 saturated carbocycles. The summed E-state index contributed by atoms with van der Waals surface area (Å²) in [6.07, 6.45) is -9.76. The highest BCUT2D eigenvalue weighted by Crippen LogP contribution is 2.37. The second-order valence-corrected chi connectivity index (χ2v) is 2.71. The van der Waals surface area contributed by atoms with Crippen LogP contribution in [0.15, 0.2) is 12.1 Å². The standard InChI is InChI=1S/C8H4F6N/c9-7(10,11)4-1-2-6(15)5(3-4)8(12,13)14/h1,3H,15H2. The van der Waals surface area contributed by atoms with Crippen LogP contribution in [0.25, 0.3) is 0 Å². The number of hydrogen-bond acceptors (Lipinski definition) is 1. The highest BCUT2D eigenvalue weighted by Gasteiger charge is 2.37. The Morgan fingerprint density at radius 3 is 1.93 bits per heavy atom. The largest absolute Gasteiger partial charge is 0.418 e. The summed E-state index contributed by atoms with van der Waals surface area (Å²) in [7, 11) is 0. The van der Waals surface area contributed by atoms with E-state index >= 15 is 0 Å². The molecule has 2 N–H and O–H groups in total. The van der Waals surface area contributed by atoms with Gasteiger partial charge in [-0.1, -0.05) is 0 Å². The average molecular weight is 228 g/mol. The van der Waals surface area contributed by atoms with Gasteiger partial charge in [-0.2, -0.15) is 26.3 Å². The minimum Gasteiger partial charge on any atom is -0.398 e. The Bertz CT molecular complexity index is 364. The molecule has 0 unspecified atom stereocenters. The van der Waals surface area contributed by atoms with E-state index in [1.54, 1.807) is 6.07 Å². The average Bonchev–Trinajstić information content (AvgIpc) is 2.00. The van der Waals surface area contributed by atoms with Crippen LogP contribution in [-0.2, 0) is 12.4 Å². The van der Waals surface area contributed by atoms with Crippen LogP contribution in [0.2, 0.25) is 0 Å². The molecule has 0 saturated heterocycles. The monoisotopic (exact) mass is 228 g/mol. The first kappa shape index (κ1) is 11.7. The van der Waals surface area contributed by atoms with Crippen LogP contribution in [0.5, 0.6) is 0 Å². The van der Waals surface area contributed by atoms with Crippen molar-refractivity contribution in [2.24, 2.45) is 0 Å². The van der Waals surface area contributed by atoms with Crippen molar-refractivity contribution in [2.75, 3.05) is 5.73 Å². The molecule has 1 nitrogen and oxygen atoms in total. The molecule has 7 heteroatoms. The molecular formula is C8H4F6N. The molecule has 1 radical (unpaired) electrons. The number of nitrogens with two attached hydrogens (primary N) is 1. The molecule has 83 valence electrons. The molecule has 0 aliphatic rings. The van der Waals surface area contributed by atoms with E-state index in [9.17, 15) is 26.3 Å². The Kier molecular flexibility index (Phi) is 2.58. The van der Waals surface area contributed by atoms with Crippen molar-refractivity contribution >= 4 is 5.69 Å². The maximum atomic E-state index is 12.1. The van der Waals surface area contributed by atoms with Gasteiger partial charge in [-0.05, 0) is 12.1 Å². The highest BCUT2D eigenvalue weighted by atomic mass is 19.4. The summed E-state index contributed by atoms with van der Waals surface area (Å²) in [6, 6.07) is 2.06. The summed E-state index contributed by atoms with van der Waals surface area (Å²) in [5.41, 5.74) is 1.07. The third-order valence-electron chi connectivity index (χ3n) is 1.61. The third kappa shape index (κ3) is 2.54. The third-order valence-corrected chi connectivity index (χ3v) is 1.61. The van der Waals surface area contributed by atoms with E-state index in [0.717, 1.165) is 0 Å². The van der Waals surface area contributed by atoms with E-state index in [1.807, 2.05) is 0 Å². The summed E-state index contributed by atoms with van der Waals surface area (Å²) in [6.45, 7) is 0. The first-order valence-electron chi connectivity index (χ1n) is 3.58. The predicted octanol–water partition coefficient (Wildman–Crippen LogP) is 3.11. The fraction of sp³-hybridized carbons (Fsp3) is 0.250. The van der Waals surface area contributed by atoms with Gasteiger partial charge in [0.05, 0.1) is 16.8 Å². The molecule has 0 spiro atoms. The Balaban J connectivity index is 3.30. The molecule has 0 amide bonds. The minimum absolute atomic E-state index is 0.0359. The number of rotatable bonds is 0. The lowest BCUT2D eigenvalue weighted by Gasteiger charge is -2.12. The summed E-state index contributed by atoms with van der Waals surface area (Å²) >= 11 is 0. The van der Waals surface area contributed by atoms with Gasteiger partial charge in [0.15, 0.2) is 0 Å². The number of halogens is 6. The van der Waals surface area contributed by atoms with E-state index in [-0.39, 0.29) is 6.07 Å². The molecule has 1 aromatic carbocycles. The molecule has 15 heavy (non-hydrogen) atoms. The van der Waals surface area contributed by atoms with E-state index in [1.165, 1.54) is 0 Å². The van der Waals surface area contributed by atoms with E-state index in [0.29, 0.717) is 6.07 Å². The Morgan fingerprint density at radius 2 is 1.53 bits per heavy atom. The lowest BCUT2D eigenvalue weighted by Crippen LogP contribution is -2.13. The van der Waals surface area contributed by atoms with Gasteiger partial charge in [-0.15, -0.1) is 0 Å². The molecule has 0 atom stereocenters. The molecule has 0 heterocycles. The highest BCUT2D eigenvalue weighted by molar-refractivity contribution is 5.49. The van der Waals surface area contributed by atoms with Crippen LogP contribution in [0.1, 0.15) is 11.1 Å². The van der Waals surface area contributed by atoms with Crippen molar-refractivity contribution in [1.29, 1.82) is 0 Å². The Labute approximate surface area is 80.5 Å². The molecule has 0 bridgehead atoms. The van der Waals surface area contributed by atoms with Crippen LogP contribution in [0.4, 0.5) is 32.0 Å². The maximum absolute atomic E-state index is 12.1. The summed E-state index contributed by atoms with van der Waals surface area (Å²) in [5, 5.41) is 0. The smallest absolute Gasteiger partial charge is 0.398 e. The number of benzene rings is 1. The Morgan fingerprint density at radius 1 is 1.00 bits per heavy atom. The molecule has 0 aliphatic carbocycles. The maximum Gasteiger partial charge on any atom is 0.418 e. The van der Waals surface area contributed by atoms with Gasteiger partial charge in [0.1, 0.15) is 0 Å². The van der Waals surface area contributed by atoms with Gasteiger partial charge in [0.25, 0.3) is 0 Å². The predicted molar refractivity (Wildman–Crippen MR) is 39.7 cm³/mol. The first-order chi connectivity index (χ1) is 6.62. The molecule has 1 rings (SSSR count). The summed E-state index contributed by atoms with van der Waals surface area (Å²) < 4.78 is 72.6. The fourth-order valence-corrected chi connectivity index (χ4v) is 0.906. The molecule has 0 aromatic heterocycles. The van der Waals surface area contributed by atoms with Crippen LogP contribution < -0.4 is 5.73 Å². The number of alkyl halides is 6. The zero-order valence-electron chi connectivity index (χ0n) is 7.00. The number of hydrogen-bond donors (Lipinski definition) is 1. The van der Waals surface area contributed by atoms with Gasteiger partial charge >= 0.3 is 12.4 Å². The lowest BCUT2D eigenvalue weighted by atomic mass is 10.1. The van der Waals surface area contributed by atoms with E-state index < -0.39 is 29.2 Å². The van der Waals surface area contributed by atoms with Crippen LogP contribution in [0.3, 0.4) is 0 Å². The topological polar surface area (TPSA) is 26.0 Å². The fourth-order valence-electron chi connectivity index (χ4n) is 0.906. The molecule has 1 aromatic rings. The summed E-state index contributed by atoms with van der Waals surface area (Å²) in [4.78, 5) is 0. The van der Waals surface area contributed by atoms with Crippen LogP contribution >= 0.6 is 0 Å². The Hall–Kier alpha value is -1.40. The van der Waals surface area contributed by atoms with Crippen molar-refractivity contribution in [1.82, 2.24) is 0 Å². The van der Waals surface area contributed by atoms with Crippen molar-refractivity contribution in [3.8, 4) is 0 Å². The van der Waals surface area contributed by atoms with Gasteiger partial charge in [-0.25, -0.2) is 0 Å². The molecule has 0 aliphatic heterocycles. The van der Waals surface area contributed by atoms with Gasteiger partial charge in [0.2, 0.25) is 0 Å². The van der Waals surface area contributed by atoms with Crippen molar-refractivity contribution < 1.29 is 26.3 Å².